The zero-order valence-corrected chi connectivity index (χ0v) is 17.1. The van der Waals surface area contributed by atoms with Gasteiger partial charge in [-0.3, -0.25) is 9.79 Å². The minimum Gasteiger partial charge on any atom is -0.378 e. The topological polar surface area (TPSA) is 66.0 Å². The fourth-order valence-corrected chi connectivity index (χ4v) is 3.98. The van der Waals surface area contributed by atoms with Crippen molar-refractivity contribution in [2.75, 3.05) is 25.6 Å². The van der Waals surface area contributed by atoms with E-state index >= 15 is 0 Å². The number of guanidine groups is 1. The van der Waals surface area contributed by atoms with Crippen molar-refractivity contribution in [3.63, 3.8) is 0 Å². The number of hydrogen-bond acceptors (Lipinski definition) is 3. The van der Waals surface area contributed by atoms with Gasteiger partial charge in [0.05, 0.1) is 5.60 Å². The number of hydrogen-bond donors (Lipinski definition) is 2. The maximum atomic E-state index is 11.9. The van der Waals surface area contributed by atoms with E-state index in [0.717, 1.165) is 36.6 Å². The number of amides is 1. The van der Waals surface area contributed by atoms with E-state index in [-0.39, 0.29) is 16.9 Å². The predicted molar refractivity (Wildman–Crippen MR) is 109 cm³/mol. The number of carbonyl (C=O) groups excluding carboxylic acids is 1. The van der Waals surface area contributed by atoms with E-state index in [1.54, 1.807) is 14.2 Å². The van der Waals surface area contributed by atoms with E-state index in [4.69, 9.17) is 4.74 Å². The van der Waals surface area contributed by atoms with Crippen molar-refractivity contribution in [3.8, 4) is 0 Å². The Morgan fingerprint density at radius 1 is 1.30 bits per heavy atom. The summed E-state index contributed by atoms with van der Waals surface area (Å²) in [5, 5.41) is 6.90. The Kier molecular flexibility index (Phi) is 5.47. The van der Waals surface area contributed by atoms with Gasteiger partial charge in [-0.25, -0.2) is 0 Å². The van der Waals surface area contributed by atoms with Gasteiger partial charge in [0.2, 0.25) is 5.91 Å². The van der Waals surface area contributed by atoms with Gasteiger partial charge >= 0.3 is 0 Å². The van der Waals surface area contributed by atoms with Crippen LogP contribution in [-0.4, -0.2) is 44.2 Å². The highest BCUT2D eigenvalue weighted by Gasteiger charge is 2.58. The molecule has 3 rings (SSSR count). The normalized spacial score (nSPS) is 27.4. The number of nitrogens with zero attached hydrogens (tertiary/aromatic N) is 2. The molecular weight excluding hydrogens is 340 g/mol. The summed E-state index contributed by atoms with van der Waals surface area (Å²) in [6.45, 7) is 8.12. The summed E-state index contributed by atoms with van der Waals surface area (Å²) in [5.41, 5.74) is 2.07. The second-order valence-corrected chi connectivity index (χ2v) is 8.30. The fourth-order valence-electron chi connectivity index (χ4n) is 3.98. The Bertz CT molecular complexity index is 713. The van der Waals surface area contributed by atoms with Crippen LogP contribution in [0.15, 0.2) is 29.3 Å². The molecular formula is C21H32N4O2. The lowest BCUT2D eigenvalue weighted by Gasteiger charge is -2.59. The number of carbonyl (C=O) groups is 1. The van der Waals surface area contributed by atoms with E-state index in [2.05, 4.69) is 48.5 Å². The van der Waals surface area contributed by atoms with Crippen molar-refractivity contribution in [1.29, 1.82) is 0 Å². The number of anilines is 1. The number of rotatable bonds is 5. The first-order chi connectivity index (χ1) is 12.8. The summed E-state index contributed by atoms with van der Waals surface area (Å²) < 4.78 is 5.70. The molecule has 1 aromatic rings. The van der Waals surface area contributed by atoms with Crippen LogP contribution in [0.4, 0.5) is 5.69 Å². The number of methoxy groups -OCH3 is 1. The van der Waals surface area contributed by atoms with Crippen LogP contribution in [0.3, 0.4) is 0 Å². The van der Waals surface area contributed by atoms with Crippen LogP contribution in [0.5, 0.6) is 0 Å². The molecule has 1 saturated carbocycles. The molecule has 0 bridgehead atoms. The highest BCUT2D eigenvalue weighted by molar-refractivity contribution is 5.95. The highest BCUT2D eigenvalue weighted by Crippen LogP contribution is 2.51. The van der Waals surface area contributed by atoms with E-state index in [1.165, 1.54) is 0 Å². The van der Waals surface area contributed by atoms with Crippen LogP contribution in [0.2, 0.25) is 0 Å². The molecule has 148 valence electrons. The first kappa shape index (κ1) is 19.7. The van der Waals surface area contributed by atoms with Crippen molar-refractivity contribution in [1.82, 2.24) is 10.6 Å². The molecule has 1 heterocycles. The Balaban J connectivity index is 1.54. The zero-order chi connectivity index (χ0) is 19.7. The van der Waals surface area contributed by atoms with Crippen molar-refractivity contribution >= 4 is 17.6 Å². The standard InChI is InChI=1S/C21H32N4O2/c1-20(2)17(13-21(20,3)27-5)24-19(22-4)23-14-15-8-10-16(11-9-15)25-12-6-7-18(25)26/h8-11,17H,6-7,12-14H2,1-5H3,(H2,22,23,24). The Morgan fingerprint density at radius 2 is 2.00 bits per heavy atom. The van der Waals surface area contributed by atoms with Crippen LogP contribution < -0.4 is 15.5 Å². The molecule has 2 atom stereocenters. The first-order valence-corrected chi connectivity index (χ1v) is 9.72. The van der Waals surface area contributed by atoms with Crippen LogP contribution in [0.1, 0.15) is 45.6 Å². The average Bonchev–Trinajstić information content (AvgIpc) is 3.10. The minimum atomic E-state index is -0.105. The Morgan fingerprint density at radius 3 is 2.52 bits per heavy atom. The van der Waals surface area contributed by atoms with Crippen molar-refractivity contribution in [2.24, 2.45) is 10.4 Å². The van der Waals surface area contributed by atoms with Crippen LogP contribution >= 0.6 is 0 Å². The summed E-state index contributed by atoms with van der Waals surface area (Å²) in [6, 6.07) is 8.50. The molecule has 1 aliphatic carbocycles. The molecule has 6 heteroatoms. The lowest BCUT2D eigenvalue weighted by Crippen LogP contribution is -2.69. The predicted octanol–water partition coefficient (Wildman–Crippen LogP) is 2.68. The Hall–Kier alpha value is -2.08. The van der Waals surface area contributed by atoms with Crippen molar-refractivity contribution in [3.05, 3.63) is 29.8 Å². The molecule has 0 radical (unpaired) electrons. The number of nitrogens with one attached hydrogen (secondary N) is 2. The van der Waals surface area contributed by atoms with E-state index in [1.807, 2.05) is 17.0 Å². The lowest BCUT2D eigenvalue weighted by atomic mass is 9.56. The molecule has 2 fully saturated rings. The lowest BCUT2D eigenvalue weighted by molar-refractivity contribution is -0.176. The van der Waals surface area contributed by atoms with Gasteiger partial charge in [-0.15, -0.1) is 0 Å². The van der Waals surface area contributed by atoms with Gasteiger partial charge in [0.1, 0.15) is 0 Å². The monoisotopic (exact) mass is 372 g/mol. The molecule has 1 saturated heterocycles. The van der Waals surface area contributed by atoms with Crippen molar-refractivity contribution in [2.45, 2.75) is 58.2 Å². The molecule has 0 aromatic heterocycles. The maximum Gasteiger partial charge on any atom is 0.227 e. The second kappa shape index (κ2) is 7.50. The van der Waals surface area contributed by atoms with Gasteiger partial charge in [-0.05, 0) is 37.5 Å². The number of aliphatic imine (C=N–C) groups is 1. The third-order valence-corrected chi connectivity index (χ3v) is 6.59. The molecule has 1 aliphatic heterocycles. The molecule has 1 amide bonds. The molecule has 27 heavy (non-hydrogen) atoms. The van der Waals surface area contributed by atoms with Crippen LogP contribution in [0.25, 0.3) is 0 Å². The van der Waals surface area contributed by atoms with Gasteiger partial charge in [0.15, 0.2) is 5.96 Å². The second-order valence-electron chi connectivity index (χ2n) is 8.30. The summed E-state index contributed by atoms with van der Waals surface area (Å²) in [6.07, 6.45) is 2.56. The third-order valence-electron chi connectivity index (χ3n) is 6.59. The average molecular weight is 373 g/mol. The van der Waals surface area contributed by atoms with Crippen LogP contribution in [-0.2, 0) is 16.1 Å². The van der Waals surface area contributed by atoms with E-state index < -0.39 is 0 Å². The third kappa shape index (κ3) is 3.68. The smallest absolute Gasteiger partial charge is 0.227 e. The van der Waals surface area contributed by atoms with Gasteiger partial charge in [-0.1, -0.05) is 26.0 Å². The summed E-state index contributed by atoms with van der Waals surface area (Å²) in [4.78, 5) is 18.1. The van der Waals surface area contributed by atoms with E-state index in [0.29, 0.717) is 19.0 Å². The summed E-state index contributed by atoms with van der Waals surface area (Å²) in [7, 11) is 3.57. The maximum absolute atomic E-state index is 11.9. The molecule has 6 nitrogen and oxygen atoms in total. The molecule has 2 N–H and O–H groups in total. The van der Waals surface area contributed by atoms with Gasteiger partial charge in [-0.2, -0.15) is 0 Å². The number of ether oxygens (including phenoxy) is 1. The molecule has 0 spiro atoms. The summed E-state index contributed by atoms with van der Waals surface area (Å²) >= 11 is 0. The largest absolute Gasteiger partial charge is 0.378 e. The van der Waals surface area contributed by atoms with Gasteiger partial charge in [0.25, 0.3) is 0 Å². The fraction of sp³-hybridized carbons (Fsp3) is 0.619. The summed E-state index contributed by atoms with van der Waals surface area (Å²) in [5.74, 6) is 1.02. The minimum absolute atomic E-state index is 0.0310. The zero-order valence-electron chi connectivity index (χ0n) is 17.1. The number of benzene rings is 1. The molecule has 2 aliphatic rings. The van der Waals surface area contributed by atoms with E-state index in [9.17, 15) is 4.79 Å². The highest BCUT2D eigenvalue weighted by atomic mass is 16.5. The first-order valence-electron chi connectivity index (χ1n) is 9.72. The molecule has 1 aromatic carbocycles. The molecule has 2 unspecified atom stereocenters. The van der Waals surface area contributed by atoms with Crippen LogP contribution in [0, 0.1) is 5.41 Å². The quantitative estimate of drug-likeness (QED) is 0.616. The van der Waals surface area contributed by atoms with Gasteiger partial charge < -0.3 is 20.3 Å². The van der Waals surface area contributed by atoms with Gasteiger partial charge in [0, 0.05) is 50.8 Å². The van der Waals surface area contributed by atoms with Crippen molar-refractivity contribution < 1.29 is 9.53 Å². The Labute approximate surface area is 162 Å². The SMILES string of the molecule is CN=C(NCc1ccc(N2CCCC2=O)cc1)NC1CC(C)(OC)C1(C)C.